The van der Waals surface area contributed by atoms with Gasteiger partial charge in [-0.3, -0.25) is 4.79 Å². The molecule has 0 radical (unpaired) electrons. The Morgan fingerprint density at radius 2 is 2.36 bits per heavy atom. The molecule has 4 nitrogen and oxygen atoms in total. The van der Waals surface area contributed by atoms with Crippen LogP contribution in [0.1, 0.15) is 12.8 Å². The van der Waals surface area contributed by atoms with E-state index in [9.17, 15) is 4.79 Å². The van der Waals surface area contributed by atoms with Crippen LogP contribution < -0.4 is 0 Å². The lowest BCUT2D eigenvalue weighted by Gasteiger charge is -2.32. The number of piperidine rings is 1. The highest BCUT2D eigenvalue weighted by atomic mass is 16.3. The lowest BCUT2D eigenvalue weighted by atomic mass is 9.98. The summed E-state index contributed by atoms with van der Waals surface area (Å²) in [6, 6.07) is 0. The quantitative estimate of drug-likeness (QED) is 0.685. The molecule has 1 unspecified atom stereocenters. The molecule has 0 aromatic heterocycles. The maximum atomic E-state index is 11.1. The van der Waals surface area contributed by atoms with E-state index in [2.05, 4.69) is 11.9 Å². The molecule has 14 heavy (non-hydrogen) atoms. The molecule has 1 amide bonds. The number of likely N-dealkylation sites (N-methyl/N-ethyl adjacent to an activating group) is 1. The van der Waals surface area contributed by atoms with Crippen molar-refractivity contribution in [3.05, 3.63) is 0 Å². The van der Waals surface area contributed by atoms with Crippen LogP contribution in [0.25, 0.3) is 0 Å². The Kier molecular flexibility index (Phi) is 4.35. The lowest BCUT2D eigenvalue weighted by Crippen LogP contribution is -2.40. The van der Waals surface area contributed by atoms with Gasteiger partial charge in [0.05, 0.1) is 0 Å². The number of rotatable bonds is 3. The molecule has 0 aromatic rings. The number of aliphatic hydroxyl groups excluding tert-OH is 1. The zero-order valence-corrected chi connectivity index (χ0v) is 9.07. The van der Waals surface area contributed by atoms with E-state index in [1.165, 1.54) is 12.8 Å². The van der Waals surface area contributed by atoms with Gasteiger partial charge >= 0.3 is 0 Å². The Labute approximate surface area is 85.5 Å². The van der Waals surface area contributed by atoms with Gasteiger partial charge in [0, 0.05) is 20.1 Å². The summed E-state index contributed by atoms with van der Waals surface area (Å²) in [7, 11) is 3.87. The number of likely N-dealkylation sites (tertiary alicyclic amines) is 1. The van der Waals surface area contributed by atoms with Crippen molar-refractivity contribution >= 4 is 5.91 Å². The highest BCUT2D eigenvalue weighted by Crippen LogP contribution is 2.15. The van der Waals surface area contributed by atoms with Gasteiger partial charge in [-0.25, -0.2) is 0 Å². The van der Waals surface area contributed by atoms with Crippen molar-refractivity contribution in [2.45, 2.75) is 12.8 Å². The van der Waals surface area contributed by atoms with Crippen LogP contribution in [0.4, 0.5) is 0 Å². The first-order valence-corrected chi connectivity index (χ1v) is 5.17. The average molecular weight is 200 g/mol. The molecule has 0 aromatic carbocycles. The van der Waals surface area contributed by atoms with Crippen molar-refractivity contribution in [3.8, 4) is 0 Å². The van der Waals surface area contributed by atoms with Gasteiger partial charge in [-0.1, -0.05) is 0 Å². The molecule has 82 valence electrons. The largest absolute Gasteiger partial charge is 0.387 e. The van der Waals surface area contributed by atoms with E-state index in [0.29, 0.717) is 5.92 Å². The van der Waals surface area contributed by atoms with E-state index in [0.717, 1.165) is 19.6 Å². The Hall–Kier alpha value is -0.610. The number of carbonyl (C=O) groups excluding carboxylic acids is 1. The normalized spacial score (nSPS) is 23.5. The van der Waals surface area contributed by atoms with E-state index in [1.54, 1.807) is 11.9 Å². The maximum absolute atomic E-state index is 11.1. The fourth-order valence-electron chi connectivity index (χ4n) is 2.03. The van der Waals surface area contributed by atoms with Gasteiger partial charge in [0.25, 0.3) is 0 Å². The van der Waals surface area contributed by atoms with Crippen LogP contribution in [0.2, 0.25) is 0 Å². The number of hydrogen-bond donors (Lipinski definition) is 1. The number of nitrogens with zero attached hydrogens (tertiary/aromatic N) is 2. The summed E-state index contributed by atoms with van der Waals surface area (Å²) in [6.45, 7) is 2.61. The molecule has 4 heteroatoms. The SMILES string of the molecule is CN1CCCC(CN(C)C(=O)CO)C1. The van der Waals surface area contributed by atoms with Gasteiger partial charge < -0.3 is 14.9 Å². The average Bonchev–Trinajstić information content (AvgIpc) is 2.16. The van der Waals surface area contributed by atoms with Crippen molar-refractivity contribution in [2.75, 3.05) is 40.3 Å². The second-order valence-corrected chi connectivity index (χ2v) is 4.20. The van der Waals surface area contributed by atoms with Crippen molar-refractivity contribution in [2.24, 2.45) is 5.92 Å². The molecule has 0 saturated carbocycles. The highest BCUT2D eigenvalue weighted by Gasteiger charge is 2.20. The van der Waals surface area contributed by atoms with Crippen LogP contribution in [0.3, 0.4) is 0 Å². The third-order valence-corrected chi connectivity index (χ3v) is 2.82. The fourth-order valence-corrected chi connectivity index (χ4v) is 2.03. The first kappa shape index (κ1) is 11.5. The first-order valence-electron chi connectivity index (χ1n) is 5.17. The Morgan fingerprint density at radius 1 is 1.64 bits per heavy atom. The van der Waals surface area contributed by atoms with Crippen LogP contribution in [0, 0.1) is 5.92 Å². The Bertz CT molecular complexity index is 197. The van der Waals surface area contributed by atoms with Gasteiger partial charge in [0.1, 0.15) is 6.61 Å². The summed E-state index contributed by atoms with van der Waals surface area (Å²) < 4.78 is 0. The second-order valence-electron chi connectivity index (χ2n) is 4.20. The zero-order valence-electron chi connectivity index (χ0n) is 9.07. The smallest absolute Gasteiger partial charge is 0.248 e. The minimum atomic E-state index is -0.376. The molecule has 0 aliphatic carbocycles. The van der Waals surface area contributed by atoms with E-state index in [-0.39, 0.29) is 12.5 Å². The molecule has 1 aliphatic heterocycles. The minimum Gasteiger partial charge on any atom is -0.387 e. The predicted octanol–water partition coefficient (Wildman–Crippen LogP) is -0.221. The molecule has 1 fully saturated rings. The zero-order chi connectivity index (χ0) is 10.6. The molecule has 1 N–H and O–H groups in total. The molecule has 1 heterocycles. The summed E-state index contributed by atoms with van der Waals surface area (Å²) in [5.41, 5.74) is 0. The van der Waals surface area contributed by atoms with Crippen LogP contribution in [-0.4, -0.2) is 61.2 Å². The van der Waals surface area contributed by atoms with Gasteiger partial charge in [-0.15, -0.1) is 0 Å². The van der Waals surface area contributed by atoms with Gasteiger partial charge in [-0.2, -0.15) is 0 Å². The van der Waals surface area contributed by atoms with Crippen LogP contribution in [0.5, 0.6) is 0 Å². The monoisotopic (exact) mass is 200 g/mol. The summed E-state index contributed by atoms with van der Waals surface area (Å²) in [4.78, 5) is 15.1. The van der Waals surface area contributed by atoms with E-state index < -0.39 is 0 Å². The number of carbonyl (C=O) groups is 1. The standard InChI is InChI=1S/C10H20N2O2/c1-11-5-3-4-9(6-11)7-12(2)10(14)8-13/h9,13H,3-8H2,1-2H3. The molecule has 1 aliphatic rings. The molecule has 1 rings (SSSR count). The van der Waals surface area contributed by atoms with Crippen molar-refractivity contribution in [3.63, 3.8) is 0 Å². The number of aliphatic hydroxyl groups is 1. The fraction of sp³-hybridized carbons (Fsp3) is 0.900. The minimum absolute atomic E-state index is 0.182. The number of hydrogen-bond acceptors (Lipinski definition) is 3. The van der Waals surface area contributed by atoms with Gasteiger partial charge in [-0.05, 0) is 32.4 Å². The molecule has 1 saturated heterocycles. The van der Waals surface area contributed by atoms with E-state index in [4.69, 9.17) is 5.11 Å². The number of amides is 1. The molecule has 0 bridgehead atoms. The molecular weight excluding hydrogens is 180 g/mol. The first-order chi connectivity index (χ1) is 6.63. The third kappa shape index (κ3) is 3.27. The van der Waals surface area contributed by atoms with Crippen molar-refractivity contribution in [1.82, 2.24) is 9.80 Å². The third-order valence-electron chi connectivity index (χ3n) is 2.82. The van der Waals surface area contributed by atoms with E-state index >= 15 is 0 Å². The van der Waals surface area contributed by atoms with Crippen LogP contribution >= 0.6 is 0 Å². The maximum Gasteiger partial charge on any atom is 0.248 e. The van der Waals surface area contributed by atoms with E-state index in [1.807, 2.05) is 0 Å². The van der Waals surface area contributed by atoms with Crippen molar-refractivity contribution < 1.29 is 9.90 Å². The Morgan fingerprint density at radius 3 is 2.93 bits per heavy atom. The van der Waals surface area contributed by atoms with Crippen LogP contribution in [-0.2, 0) is 4.79 Å². The summed E-state index contributed by atoms with van der Waals surface area (Å²) in [6.07, 6.45) is 2.40. The topological polar surface area (TPSA) is 43.8 Å². The molecular formula is C10H20N2O2. The van der Waals surface area contributed by atoms with Crippen molar-refractivity contribution in [1.29, 1.82) is 0 Å². The summed E-state index contributed by atoms with van der Waals surface area (Å²) >= 11 is 0. The lowest BCUT2D eigenvalue weighted by molar-refractivity contribution is -0.133. The Balaban J connectivity index is 2.32. The van der Waals surface area contributed by atoms with Gasteiger partial charge in [0.2, 0.25) is 5.91 Å². The molecule has 0 spiro atoms. The molecule has 1 atom stereocenters. The van der Waals surface area contributed by atoms with Gasteiger partial charge in [0.15, 0.2) is 0 Å². The summed E-state index contributed by atoms with van der Waals surface area (Å²) in [5.74, 6) is 0.382. The van der Waals surface area contributed by atoms with Crippen LogP contribution in [0.15, 0.2) is 0 Å². The highest BCUT2D eigenvalue weighted by molar-refractivity contribution is 5.76. The second kappa shape index (κ2) is 5.32. The predicted molar refractivity (Wildman–Crippen MR) is 54.9 cm³/mol. The summed E-state index contributed by atoms with van der Waals surface area (Å²) in [5, 5.41) is 8.69.